The molecule has 0 N–H and O–H groups in total. The van der Waals surface area contributed by atoms with Crippen LogP contribution in [0.25, 0.3) is 4.98 Å². The Morgan fingerprint density at radius 3 is 2.00 bits per heavy atom. The van der Waals surface area contributed by atoms with Crippen molar-refractivity contribution in [1.82, 2.24) is 0 Å². The zero-order valence-electron chi connectivity index (χ0n) is 7.59. The van der Waals surface area contributed by atoms with Gasteiger partial charge in [0.15, 0.2) is 4.98 Å². The van der Waals surface area contributed by atoms with Crippen LogP contribution in [0.1, 0.15) is 5.56 Å². The highest BCUT2D eigenvalue weighted by atomic mass is 19.5. The number of hydrogen-bond donors (Lipinski definition) is 0. The second kappa shape index (κ2) is 5.29. The Morgan fingerprint density at radius 2 is 1.67 bits per heavy atom. The molecule has 0 aromatic heterocycles. The Labute approximate surface area is 82.4 Å². The van der Waals surface area contributed by atoms with E-state index < -0.39 is 13.1 Å². The lowest BCUT2D eigenvalue weighted by Gasteiger charge is -1.94. The average molecular weight is 224 g/mol. The number of aryl methyl sites for hydroxylation is 1. The van der Waals surface area contributed by atoms with Crippen LogP contribution >= 0.6 is 0 Å². The van der Waals surface area contributed by atoms with Crippen LogP contribution in [-0.2, 0) is 0 Å². The third-order valence-corrected chi connectivity index (χ3v) is 1.21. The minimum atomic E-state index is -6.00. The molecule has 0 unspecified atom stereocenters. The lowest BCUT2D eigenvalue weighted by molar-refractivity contribution is 0.368. The third kappa shape index (κ3) is 7.43. The lowest BCUT2D eigenvalue weighted by Crippen LogP contribution is -2.02. The van der Waals surface area contributed by atoms with Gasteiger partial charge < -0.3 is 17.3 Å². The van der Waals surface area contributed by atoms with Gasteiger partial charge in [0.05, 0.1) is 0 Å². The van der Waals surface area contributed by atoms with Gasteiger partial charge >= 0.3 is 12.9 Å². The highest BCUT2D eigenvalue weighted by Crippen LogP contribution is 2.17. The van der Waals surface area contributed by atoms with Crippen LogP contribution in [0, 0.1) is 18.1 Å². The smallest absolute Gasteiger partial charge is 0.418 e. The molecule has 1 rings (SSSR count). The van der Waals surface area contributed by atoms with Crippen molar-refractivity contribution in [3.8, 4) is 0 Å². The fraction of sp³-hybridized carbons (Fsp3) is 0.143. The summed E-state index contributed by atoms with van der Waals surface area (Å²) >= 11 is 0. The Balaban J connectivity index is 0.000000336. The summed E-state index contributed by atoms with van der Waals surface area (Å²) in [6, 6.07) is 4.41. The summed E-state index contributed by atoms with van der Waals surface area (Å²) in [7, 11) is -6.00. The van der Waals surface area contributed by atoms with Gasteiger partial charge in [-0.1, -0.05) is 6.07 Å². The van der Waals surface area contributed by atoms with E-state index in [2.05, 4.69) is 4.98 Å². The van der Waals surface area contributed by atoms with E-state index in [9.17, 15) is 21.7 Å². The molecular weight excluding hydrogens is 218 g/mol. The molecule has 15 heavy (non-hydrogen) atoms. The molecule has 0 radical (unpaired) electrons. The first-order chi connectivity index (χ1) is 6.74. The summed E-state index contributed by atoms with van der Waals surface area (Å²) < 4.78 is 51.6. The van der Waals surface area contributed by atoms with Gasteiger partial charge in [-0.3, -0.25) is 0 Å². The van der Waals surface area contributed by atoms with E-state index in [1.807, 2.05) is 0 Å². The standard InChI is InChI=1S/C7H6FN2.BF4/c1-5-2-3-7(10-9)6(8)4-5;2-1(3,4)5/h2-4H,1H3;/q+1;-1. The predicted octanol–water partition coefficient (Wildman–Crippen LogP) is 3.92. The normalized spacial score (nSPS) is 9.93. The Kier molecular flexibility index (Phi) is 4.71. The highest BCUT2D eigenvalue weighted by molar-refractivity contribution is 6.50. The summed E-state index contributed by atoms with van der Waals surface area (Å²) in [6.45, 7) is 1.77. The van der Waals surface area contributed by atoms with Gasteiger partial charge in [0, 0.05) is 6.07 Å². The van der Waals surface area contributed by atoms with Crippen molar-refractivity contribution in [2.24, 2.45) is 0 Å². The van der Waals surface area contributed by atoms with E-state index >= 15 is 0 Å². The van der Waals surface area contributed by atoms with Crippen molar-refractivity contribution >= 4 is 12.9 Å². The first-order valence-corrected chi connectivity index (χ1v) is 3.72. The van der Waals surface area contributed by atoms with Crippen molar-refractivity contribution in [2.75, 3.05) is 0 Å². The Hall–Kier alpha value is -1.65. The molecule has 2 nitrogen and oxygen atoms in total. The fourth-order valence-corrected chi connectivity index (χ4v) is 0.693. The molecule has 0 aliphatic heterocycles. The first kappa shape index (κ1) is 13.4. The minimum Gasteiger partial charge on any atom is -0.418 e. The molecule has 82 valence electrons. The number of nitrogens with zero attached hydrogens (tertiary/aromatic N) is 2. The SMILES string of the molecule is Cc1ccc([N+]#N)c(F)c1.F[B-](F)(F)F. The van der Waals surface area contributed by atoms with Crippen LogP contribution in [0.15, 0.2) is 18.2 Å². The maximum Gasteiger partial charge on any atom is 0.673 e. The van der Waals surface area contributed by atoms with Crippen LogP contribution in [0.5, 0.6) is 0 Å². The van der Waals surface area contributed by atoms with Gasteiger partial charge in [-0.15, -0.1) is 0 Å². The monoisotopic (exact) mass is 224 g/mol. The van der Waals surface area contributed by atoms with Gasteiger partial charge in [-0.05, 0) is 18.6 Å². The number of hydrogen-bond acceptors (Lipinski definition) is 1. The summed E-state index contributed by atoms with van der Waals surface area (Å²) in [6.07, 6.45) is 0. The van der Waals surface area contributed by atoms with Crippen LogP contribution in [0.2, 0.25) is 0 Å². The molecule has 0 bridgehead atoms. The quantitative estimate of drug-likeness (QED) is 0.372. The molecule has 1 aromatic rings. The van der Waals surface area contributed by atoms with Gasteiger partial charge in [-0.2, -0.15) is 4.39 Å². The van der Waals surface area contributed by atoms with Crippen LogP contribution in [0.4, 0.5) is 27.3 Å². The molecule has 0 amide bonds. The second-order valence-electron chi connectivity index (χ2n) is 2.55. The Bertz CT molecular complexity index is 365. The second-order valence-corrected chi connectivity index (χ2v) is 2.55. The largest absolute Gasteiger partial charge is 0.673 e. The van der Waals surface area contributed by atoms with Gasteiger partial charge in [-0.25, -0.2) is 0 Å². The van der Waals surface area contributed by atoms with Crippen LogP contribution in [0.3, 0.4) is 0 Å². The van der Waals surface area contributed by atoms with E-state index in [-0.39, 0.29) is 5.69 Å². The molecule has 1 aromatic carbocycles. The van der Waals surface area contributed by atoms with E-state index in [0.29, 0.717) is 0 Å². The minimum absolute atomic E-state index is 0.0226. The van der Waals surface area contributed by atoms with Crippen LogP contribution < -0.4 is 0 Å². The summed E-state index contributed by atoms with van der Waals surface area (Å²) in [4.78, 5) is 2.74. The number of diazo groups is 1. The molecule has 8 heteroatoms. The van der Waals surface area contributed by atoms with Crippen molar-refractivity contribution < 1.29 is 21.7 Å². The van der Waals surface area contributed by atoms with Crippen molar-refractivity contribution in [3.63, 3.8) is 0 Å². The molecule has 0 spiro atoms. The predicted molar refractivity (Wildman–Crippen MR) is 46.1 cm³/mol. The third-order valence-electron chi connectivity index (χ3n) is 1.21. The number of halogens is 5. The molecule has 0 saturated heterocycles. The molecule has 0 aliphatic rings. The van der Waals surface area contributed by atoms with Crippen molar-refractivity contribution in [3.05, 3.63) is 34.6 Å². The topological polar surface area (TPSA) is 28.1 Å². The molecular formula is C7H6BF5N2. The maximum absolute atomic E-state index is 12.6. The Morgan fingerprint density at radius 1 is 1.20 bits per heavy atom. The summed E-state index contributed by atoms with van der Waals surface area (Å²) in [5, 5.41) is 8.19. The molecule has 0 atom stereocenters. The summed E-state index contributed by atoms with van der Waals surface area (Å²) in [5.74, 6) is -0.498. The zero-order valence-corrected chi connectivity index (χ0v) is 7.59. The molecule has 0 heterocycles. The fourth-order valence-electron chi connectivity index (χ4n) is 0.693. The first-order valence-electron chi connectivity index (χ1n) is 3.72. The lowest BCUT2D eigenvalue weighted by atomic mass is 10.2. The van der Waals surface area contributed by atoms with E-state index in [4.69, 9.17) is 5.39 Å². The van der Waals surface area contributed by atoms with E-state index in [1.165, 1.54) is 12.1 Å². The number of benzene rings is 1. The zero-order chi connectivity index (χ0) is 12.1. The van der Waals surface area contributed by atoms with E-state index in [1.54, 1.807) is 13.0 Å². The number of rotatable bonds is 0. The van der Waals surface area contributed by atoms with Crippen LogP contribution in [-0.4, -0.2) is 7.25 Å². The molecule has 0 fully saturated rings. The van der Waals surface area contributed by atoms with Crippen molar-refractivity contribution in [2.45, 2.75) is 6.92 Å². The van der Waals surface area contributed by atoms with Gasteiger partial charge in [0.25, 0.3) is 0 Å². The van der Waals surface area contributed by atoms with Gasteiger partial charge in [0.1, 0.15) is 0 Å². The summed E-state index contributed by atoms with van der Waals surface area (Å²) in [5.41, 5.74) is 0.788. The molecule has 0 saturated carbocycles. The highest BCUT2D eigenvalue weighted by Gasteiger charge is 2.20. The maximum atomic E-state index is 12.6. The van der Waals surface area contributed by atoms with Crippen molar-refractivity contribution in [1.29, 1.82) is 5.39 Å². The van der Waals surface area contributed by atoms with Gasteiger partial charge in [0.2, 0.25) is 11.2 Å². The average Bonchev–Trinajstić information content (AvgIpc) is 2.01. The van der Waals surface area contributed by atoms with E-state index in [0.717, 1.165) is 5.56 Å². The molecule has 0 aliphatic carbocycles.